The van der Waals surface area contributed by atoms with Crippen LogP contribution >= 0.6 is 11.6 Å². The molecule has 1 aliphatic heterocycles. The highest BCUT2D eigenvalue weighted by Gasteiger charge is 2.37. The van der Waals surface area contributed by atoms with Crippen LogP contribution in [0.25, 0.3) is 0 Å². The molecule has 0 saturated carbocycles. The van der Waals surface area contributed by atoms with E-state index in [1.807, 2.05) is 31.2 Å². The van der Waals surface area contributed by atoms with E-state index < -0.39 is 22.0 Å². The first-order valence-electron chi connectivity index (χ1n) is 10.4. The Hall–Kier alpha value is -3.23. The van der Waals surface area contributed by atoms with E-state index >= 15 is 0 Å². The average Bonchev–Trinajstić information content (AvgIpc) is 2.83. The molecule has 0 bridgehead atoms. The third-order valence-corrected chi connectivity index (χ3v) is 7.20. The summed E-state index contributed by atoms with van der Waals surface area (Å²) < 4.78 is 39.5. The van der Waals surface area contributed by atoms with Crippen molar-refractivity contribution in [1.29, 1.82) is 0 Å². The monoisotopic (exact) mass is 486 g/mol. The first-order valence-corrected chi connectivity index (χ1v) is 12.2. The number of benzene rings is 3. The molecule has 0 spiro atoms. The average molecular weight is 487 g/mol. The number of amides is 1. The van der Waals surface area contributed by atoms with E-state index in [0.717, 1.165) is 5.56 Å². The molecule has 1 N–H and O–H groups in total. The summed E-state index contributed by atoms with van der Waals surface area (Å²) in [4.78, 5) is 13.1. The minimum Gasteiger partial charge on any atom is -0.494 e. The molecule has 7 nitrogen and oxygen atoms in total. The molecule has 4 rings (SSSR count). The van der Waals surface area contributed by atoms with Crippen LogP contribution in [0.2, 0.25) is 5.02 Å². The van der Waals surface area contributed by atoms with Gasteiger partial charge < -0.3 is 14.8 Å². The summed E-state index contributed by atoms with van der Waals surface area (Å²) in [5, 5.41) is 3.27. The van der Waals surface area contributed by atoms with E-state index in [9.17, 15) is 13.2 Å². The fraction of sp³-hybridized carbons (Fsp3) is 0.208. The van der Waals surface area contributed by atoms with Crippen LogP contribution in [0.15, 0.2) is 77.7 Å². The second kappa shape index (κ2) is 9.72. The molecular weight excluding hydrogens is 464 g/mol. The highest BCUT2D eigenvalue weighted by Crippen LogP contribution is 2.37. The van der Waals surface area contributed by atoms with Crippen LogP contribution in [-0.2, 0) is 21.4 Å². The first kappa shape index (κ1) is 22.9. The Morgan fingerprint density at radius 2 is 1.79 bits per heavy atom. The van der Waals surface area contributed by atoms with Crippen LogP contribution in [0.5, 0.6) is 11.5 Å². The first-order chi connectivity index (χ1) is 15.9. The summed E-state index contributed by atoms with van der Waals surface area (Å²) in [5.74, 6) is 0.574. The van der Waals surface area contributed by atoms with E-state index in [-0.39, 0.29) is 18.0 Å². The van der Waals surface area contributed by atoms with Gasteiger partial charge in [-0.2, -0.15) is 0 Å². The molecule has 3 aromatic carbocycles. The van der Waals surface area contributed by atoms with Crippen molar-refractivity contribution in [1.82, 2.24) is 5.32 Å². The third-order valence-electron chi connectivity index (χ3n) is 5.15. The smallest absolute Gasteiger partial charge is 0.264 e. The number of sulfonamides is 1. The van der Waals surface area contributed by atoms with Gasteiger partial charge in [-0.05, 0) is 49.4 Å². The number of hydrogen-bond acceptors (Lipinski definition) is 5. The minimum absolute atomic E-state index is 0.0772. The molecule has 172 valence electrons. The lowest BCUT2D eigenvalue weighted by molar-refractivity contribution is -0.127. The molecule has 0 aromatic heterocycles. The van der Waals surface area contributed by atoms with Crippen LogP contribution < -0.4 is 19.1 Å². The van der Waals surface area contributed by atoms with Crippen LogP contribution in [0.4, 0.5) is 5.69 Å². The number of nitrogens with one attached hydrogen (secondary N) is 1. The van der Waals surface area contributed by atoms with Crippen LogP contribution in [0, 0.1) is 0 Å². The molecule has 3 aromatic rings. The molecule has 33 heavy (non-hydrogen) atoms. The van der Waals surface area contributed by atoms with Gasteiger partial charge in [0.2, 0.25) is 0 Å². The summed E-state index contributed by atoms with van der Waals surface area (Å²) in [7, 11) is -3.95. The highest BCUT2D eigenvalue weighted by molar-refractivity contribution is 7.92. The number of hydrogen-bond donors (Lipinski definition) is 1. The molecule has 1 atom stereocenters. The Morgan fingerprint density at radius 1 is 1.09 bits per heavy atom. The van der Waals surface area contributed by atoms with Gasteiger partial charge in [0.05, 0.1) is 23.7 Å². The number of rotatable bonds is 7. The van der Waals surface area contributed by atoms with Gasteiger partial charge in [0.15, 0.2) is 6.10 Å². The van der Waals surface area contributed by atoms with Crippen molar-refractivity contribution < 1.29 is 22.7 Å². The minimum atomic E-state index is -3.95. The summed E-state index contributed by atoms with van der Waals surface area (Å²) in [6, 6.07) is 20.1. The fourth-order valence-electron chi connectivity index (χ4n) is 3.54. The van der Waals surface area contributed by atoms with Crippen LogP contribution in [-0.4, -0.2) is 33.6 Å². The normalized spacial score (nSPS) is 15.3. The van der Waals surface area contributed by atoms with Gasteiger partial charge in [-0.25, -0.2) is 8.42 Å². The molecular formula is C24H23ClN2O5S. The summed E-state index contributed by atoms with van der Waals surface area (Å²) in [6.07, 6.45) is -1.03. The van der Waals surface area contributed by atoms with Crippen molar-refractivity contribution in [3.8, 4) is 11.5 Å². The molecule has 1 aliphatic rings. The van der Waals surface area contributed by atoms with E-state index in [1.165, 1.54) is 28.6 Å². The van der Waals surface area contributed by atoms with Crippen molar-refractivity contribution >= 4 is 33.2 Å². The summed E-state index contributed by atoms with van der Waals surface area (Å²) in [5.41, 5.74) is 1.19. The highest BCUT2D eigenvalue weighted by atomic mass is 35.5. The van der Waals surface area contributed by atoms with Gasteiger partial charge in [0.1, 0.15) is 11.5 Å². The lowest BCUT2D eigenvalue weighted by Crippen LogP contribution is -2.50. The summed E-state index contributed by atoms with van der Waals surface area (Å²) in [6.45, 7) is 2.45. The van der Waals surface area contributed by atoms with Gasteiger partial charge in [0, 0.05) is 17.1 Å². The van der Waals surface area contributed by atoms with Gasteiger partial charge in [0.25, 0.3) is 15.9 Å². The fourth-order valence-corrected chi connectivity index (χ4v) is 5.14. The number of fused-ring (bicyclic) bond motifs is 1. The van der Waals surface area contributed by atoms with Crippen LogP contribution in [0.3, 0.4) is 0 Å². The number of ether oxygens (including phenoxy) is 2. The second-order valence-electron chi connectivity index (χ2n) is 7.32. The van der Waals surface area contributed by atoms with Gasteiger partial charge in [-0.15, -0.1) is 0 Å². The van der Waals surface area contributed by atoms with Gasteiger partial charge in [-0.1, -0.05) is 41.9 Å². The Morgan fingerprint density at radius 3 is 2.55 bits per heavy atom. The third kappa shape index (κ3) is 4.91. The maximum Gasteiger partial charge on any atom is 0.264 e. The maximum atomic E-state index is 13.4. The van der Waals surface area contributed by atoms with Gasteiger partial charge >= 0.3 is 0 Å². The lowest BCUT2D eigenvalue weighted by Gasteiger charge is -2.34. The van der Waals surface area contributed by atoms with Crippen molar-refractivity contribution in [3.05, 3.63) is 83.4 Å². The maximum absolute atomic E-state index is 13.4. The van der Waals surface area contributed by atoms with E-state index in [2.05, 4.69) is 5.32 Å². The van der Waals surface area contributed by atoms with Crippen molar-refractivity contribution in [2.45, 2.75) is 24.5 Å². The predicted octanol–water partition coefficient (Wildman–Crippen LogP) is 4.01. The van der Waals surface area contributed by atoms with Crippen molar-refractivity contribution in [2.75, 3.05) is 17.5 Å². The Bertz CT molecular complexity index is 1250. The Kier molecular flexibility index (Phi) is 6.76. The zero-order valence-corrected chi connectivity index (χ0v) is 19.5. The second-order valence-corrected chi connectivity index (χ2v) is 9.62. The molecule has 1 heterocycles. The number of para-hydroxylation sites is 3. The van der Waals surface area contributed by atoms with Gasteiger partial charge in [-0.3, -0.25) is 9.10 Å². The molecule has 9 heteroatoms. The SMILES string of the molecule is CCOc1ccccc1CNC(=O)[C@@H]1CN(S(=O)(=O)c2ccc(Cl)cc2)c2ccccc2O1. The van der Waals surface area contributed by atoms with E-state index in [0.29, 0.717) is 28.8 Å². The molecule has 0 fully saturated rings. The van der Waals surface area contributed by atoms with Crippen LogP contribution in [0.1, 0.15) is 12.5 Å². The standard InChI is InChI=1S/C24H23ClN2O5S/c1-2-31-21-9-5-3-7-17(21)15-26-24(28)23-16-27(20-8-4-6-10-22(20)32-23)33(29,30)19-13-11-18(25)12-14-19/h3-14,23H,2,15-16H2,1H3,(H,26,28)/t23-/m0/s1. The quantitative estimate of drug-likeness (QED) is 0.545. The molecule has 0 saturated heterocycles. The van der Waals surface area contributed by atoms with E-state index in [4.69, 9.17) is 21.1 Å². The summed E-state index contributed by atoms with van der Waals surface area (Å²) >= 11 is 5.92. The zero-order valence-electron chi connectivity index (χ0n) is 17.9. The van der Waals surface area contributed by atoms with E-state index in [1.54, 1.807) is 24.3 Å². The number of anilines is 1. The molecule has 0 radical (unpaired) electrons. The number of carbonyl (C=O) groups excluding carboxylic acids is 1. The molecule has 1 amide bonds. The zero-order chi connectivity index (χ0) is 23.4. The number of halogens is 1. The van der Waals surface area contributed by atoms with Crippen molar-refractivity contribution in [2.24, 2.45) is 0 Å². The topological polar surface area (TPSA) is 84.9 Å². The van der Waals surface area contributed by atoms with Crippen molar-refractivity contribution in [3.63, 3.8) is 0 Å². The Labute approximate surface area is 197 Å². The molecule has 0 unspecified atom stereocenters. The molecule has 0 aliphatic carbocycles. The predicted molar refractivity (Wildman–Crippen MR) is 126 cm³/mol. The Balaban J connectivity index is 1.57. The number of carbonyl (C=O) groups is 1. The lowest BCUT2D eigenvalue weighted by atomic mass is 10.2. The largest absolute Gasteiger partial charge is 0.494 e. The number of nitrogens with zero attached hydrogens (tertiary/aromatic N) is 1.